The molecular formula is C13H27NOS. The molecule has 2 atom stereocenters. The fourth-order valence-corrected chi connectivity index (χ4v) is 3.06. The van der Waals surface area contributed by atoms with Crippen LogP contribution in [0.4, 0.5) is 0 Å². The van der Waals surface area contributed by atoms with Crippen LogP contribution in [0.15, 0.2) is 0 Å². The Hall–Kier alpha value is 0.110. The van der Waals surface area contributed by atoms with Crippen molar-refractivity contribution in [1.82, 2.24) is 5.32 Å². The van der Waals surface area contributed by atoms with Gasteiger partial charge in [0.15, 0.2) is 0 Å². The van der Waals surface area contributed by atoms with Gasteiger partial charge in [-0.1, -0.05) is 25.7 Å². The van der Waals surface area contributed by atoms with Gasteiger partial charge >= 0.3 is 0 Å². The molecule has 1 aliphatic carbocycles. The molecule has 1 saturated carbocycles. The SMILES string of the molecule is CC(CCC1CCCC1)NCCCS(C)=O. The standard InChI is InChI=1S/C13H27NOS/c1-12(14-10-5-11-16(2)15)8-9-13-6-3-4-7-13/h12-14H,3-11H2,1-2H3. The summed E-state index contributed by atoms with van der Waals surface area (Å²) >= 11 is 0. The minimum absolute atomic E-state index is 0.626. The van der Waals surface area contributed by atoms with Gasteiger partial charge in [-0.2, -0.15) is 0 Å². The van der Waals surface area contributed by atoms with Crippen LogP contribution in [0.3, 0.4) is 0 Å². The molecule has 1 N–H and O–H groups in total. The Morgan fingerprint density at radius 2 is 2.06 bits per heavy atom. The number of nitrogens with one attached hydrogen (secondary N) is 1. The fraction of sp³-hybridized carbons (Fsp3) is 1.00. The number of rotatable bonds is 8. The summed E-state index contributed by atoms with van der Waals surface area (Å²) < 4.78 is 10.9. The van der Waals surface area contributed by atoms with Gasteiger partial charge in [0.2, 0.25) is 0 Å². The molecule has 0 bridgehead atoms. The second kappa shape index (κ2) is 8.24. The summed E-state index contributed by atoms with van der Waals surface area (Å²) in [6, 6.07) is 0.630. The molecular weight excluding hydrogens is 218 g/mol. The van der Waals surface area contributed by atoms with Crippen LogP contribution >= 0.6 is 0 Å². The van der Waals surface area contributed by atoms with Crippen LogP contribution < -0.4 is 5.32 Å². The van der Waals surface area contributed by atoms with E-state index < -0.39 is 10.8 Å². The molecule has 96 valence electrons. The maximum atomic E-state index is 10.9. The van der Waals surface area contributed by atoms with Crippen LogP contribution in [-0.2, 0) is 10.8 Å². The van der Waals surface area contributed by atoms with E-state index in [0.29, 0.717) is 6.04 Å². The highest BCUT2D eigenvalue weighted by Crippen LogP contribution is 2.28. The lowest BCUT2D eigenvalue weighted by atomic mass is 9.99. The molecule has 1 aliphatic rings. The Labute approximate surface area is 103 Å². The molecule has 16 heavy (non-hydrogen) atoms. The molecule has 0 amide bonds. The molecule has 0 aromatic carbocycles. The molecule has 0 aromatic heterocycles. The van der Waals surface area contributed by atoms with Crippen LogP contribution in [0.5, 0.6) is 0 Å². The molecule has 0 radical (unpaired) electrons. The van der Waals surface area contributed by atoms with Crippen LogP contribution in [-0.4, -0.2) is 28.8 Å². The Balaban J connectivity index is 1.93. The van der Waals surface area contributed by atoms with Crippen molar-refractivity contribution in [2.75, 3.05) is 18.6 Å². The molecule has 0 aliphatic heterocycles. The summed E-state index contributed by atoms with van der Waals surface area (Å²) in [5.41, 5.74) is 0. The van der Waals surface area contributed by atoms with E-state index in [1.165, 1.54) is 38.5 Å². The Bertz CT molecular complexity index is 202. The first kappa shape index (κ1) is 14.2. The third kappa shape index (κ3) is 6.64. The van der Waals surface area contributed by atoms with Crippen molar-refractivity contribution in [3.63, 3.8) is 0 Å². The summed E-state index contributed by atoms with van der Waals surface area (Å²) in [7, 11) is -0.626. The van der Waals surface area contributed by atoms with E-state index >= 15 is 0 Å². The quantitative estimate of drug-likeness (QED) is 0.666. The van der Waals surface area contributed by atoms with Crippen molar-refractivity contribution >= 4 is 10.8 Å². The Morgan fingerprint density at radius 3 is 2.69 bits per heavy atom. The van der Waals surface area contributed by atoms with Crippen molar-refractivity contribution in [1.29, 1.82) is 0 Å². The summed E-state index contributed by atoms with van der Waals surface area (Å²) in [5, 5.41) is 3.53. The van der Waals surface area contributed by atoms with E-state index in [1.54, 1.807) is 6.26 Å². The highest BCUT2D eigenvalue weighted by Gasteiger charge is 2.15. The molecule has 0 saturated heterocycles. The average Bonchev–Trinajstić information content (AvgIpc) is 2.74. The van der Waals surface area contributed by atoms with Gasteiger partial charge in [0.1, 0.15) is 0 Å². The Kier molecular flexibility index (Phi) is 7.30. The zero-order valence-corrected chi connectivity index (χ0v) is 11.7. The first-order valence-corrected chi connectivity index (χ1v) is 8.44. The molecule has 2 nitrogen and oxygen atoms in total. The van der Waals surface area contributed by atoms with Crippen LogP contribution in [0.25, 0.3) is 0 Å². The zero-order chi connectivity index (χ0) is 11.8. The van der Waals surface area contributed by atoms with E-state index in [4.69, 9.17) is 0 Å². The van der Waals surface area contributed by atoms with Gasteiger partial charge in [0.05, 0.1) is 0 Å². The van der Waals surface area contributed by atoms with Gasteiger partial charge in [0.25, 0.3) is 0 Å². The highest BCUT2D eigenvalue weighted by molar-refractivity contribution is 7.84. The molecule has 0 heterocycles. The maximum Gasteiger partial charge on any atom is 0.0244 e. The topological polar surface area (TPSA) is 29.1 Å². The van der Waals surface area contributed by atoms with Crippen molar-refractivity contribution in [2.24, 2.45) is 5.92 Å². The summed E-state index contributed by atoms with van der Waals surface area (Å²) in [6.45, 7) is 3.29. The molecule has 2 unspecified atom stereocenters. The van der Waals surface area contributed by atoms with Crippen LogP contribution in [0.1, 0.15) is 51.9 Å². The predicted octanol–water partition coefficient (Wildman–Crippen LogP) is 2.70. The average molecular weight is 245 g/mol. The van der Waals surface area contributed by atoms with E-state index in [2.05, 4.69) is 12.2 Å². The minimum Gasteiger partial charge on any atom is -0.314 e. The lowest BCUT2D eigenvalue weighted by Gasteiger charge is -2.16. The number of hydrogen-bond acceptors (Lipinski definition) is 2. The molecule has 1 rings (SSSR count). The van der Waals surface area contributed by atoms with Gasteiger partial charge in [-0.05, 0) is 38.6 Å². The monoisotopic (exact) mass is 245 g/mol. The van der Waals surface area contributed by atoms with E-state index in [0.717, 1.165) is 24.6 Å². The van der Waals surface area contributed by atoms with Gasteiger partial charge in [-0.3, -0.25) is 4.21 Å². The highest BCUT2D eigenvalue weighted by atomic mass is 32.2. The van der Waals surface area contributed by atoms with Gasteiger partial charge < -0.3 is 5.32 Å². The van der Waals surface area contributed by atoms with Crippen molar-refractivity contribution < 1.29 is 4.21 Å². The van der Waals surface area contributed by atoms with Crippen molar-refractivity contribution in [3.05, 3.63) is 0 Å². The third-order valence-electron chi connectivity index (χ3n) is 3.58. The molecule has 0 aromatic rings. The van der Waals surface area contributed by atoms with E-state index in [-0.39, 0.29) is 0 Å². The lowest BCUT2D eigenvalue weighted by molar-refractivity contribution is 0.420. The second-order valence-electron chi connectivity index (χ2n) is 5.21. The van der Waals surface area contributed by atoms with E-state index in [1.807, 2.05) is 0 Å². The second-order valence-corrected chi connectivity index (χ2v) is 6.77. The van der Waals surface area contributed by atoms with Gasteiger partial charge in [-0.15, -0.1) is 0 Å². The predicted molar refractivity (Wildman–Crippen MR) is 72.2 cm³/mol. The smallest absolute Gasteiger partial charge is 0.0244 e. The van der Waals surface area contributed by atoms with E-state index in [9.17, 15) is 4.21 Å². The molecule has 0 spiro atoms. The fourth-order valence-electron chi connectivity index (χ4n) is 2.51. The number of hydrogen-bond donors (Lipinski definition) is 1. The Morgan fingerprint density at radius 1 is 1.38 bits per heavy atom. The first-order valence-electron chi connectivity index (χ1n) is 6.72. The van der Waals surface area contributed by atoms with Gasteiger partial charge in [-0.25, -0.2) is 0 Å². The normalized spacial score (nSPS) is 21.1. The van der Waals surface area contributed by atoms with Crippen molar-refractivity contribution in [3.8, 4) is 0 Å². The van der Waals surface area contributed by atoms with Crippen molar-refractivity contribution in [2.45, 2.75) is 57.9 Å². The summed E-state index contributed by atoms with van der Waals surface area (Å²) in [6.07, 6.45) is 11.3. The van der Waals surface area contributed by atoms with Gasteiger partial charge in [0, 0.05) is 28.9 Å². The summed E-state index contributed by atoms with van der Waals surface area (Å²) in [5.74, 6) is 1.84. The van der Waals surface area contributed by atoms with Crippen LogP contribution in [0, 0.1) is 5.92 Å². The summed E-state index contributed by atoms with van der Waals surface area (Å²) in [4.78, 5) is 0. The maximum absolute atomic E-state index is 10.9. The first-order chi connectivity index (χ1) is 7.68. The lowest BCUT2D eigenvalue weighted by Crippen LogP contribution is -2.28. The van der Waals surface area contributed by atoms with Crippen LogP contribution in [0.2, 0.25) is 0 Å². The third-order valence-corrected chi connectivity index (χ3v) is 4.45. The zero-order valence-electron chi connectivity index (χ0n) is 10.8. The largest absolute Gasteiger partial charge is 0.314 e. The molecule has 1 fully saturated rings. The molecule has 3 heteroatoms. The minimum atomic E-state index is -0.626.